The van der Waals surface area contributed by atoms with Gasteiger partial charge >= 0.3 is 5.97 Å². The van der Waals surface area contributed by atoms with Gasteiger partial charge in [0.15, 0.2) is 5.79 Å². The second kappa shape index (κ2) is 4.51. The van der Waals surface area contributed by atoms with Gasteiger partial charge in [-0.3, -0.25) is 4.79 Å². The maximum absolute atomic E-state index is 11.5. The highest BCUT2D eigenvalue weighted by atomic mass is 16.7. The van der Waals surface area contributed by atoms with Crippen molar-refractivity contribution in [2.24, 2.45) is 11.8 Å². The molecule has 90 valence electrons. The number of hydrogen-bond acceptors (Lipinski definition) is 5. The Hall–Kier alpha value is -0.940. The molecule has 1 heterocycles. The third kappa shape index (κ3) is 2.10. The Labute approximate surface area is 94.0 Å². The number of rotatable bonds is 2. The summed E-state index contributed by atoms with van der Waals surface area (Å²) in [4.78, 5) is 22.4. The Morgan fingerprint density at radius 3 is 2.62 bits per heavy atom. The summed E-state index contributed by atoms with van der Waals surface area (Å²) in [5, 5.41) is 0. The van der Waals surface area contributed by atoms with Crippen molar-refractivity contribution in [2.45, 2.75) is 25.0 Å². The molecule has 2 fully saturated rings. The SMILES string of the molecule is COC(=O)[C@@H]1C[C@H](C=O)CC2(C1)OCCO2. The number of methoxy groups -OCH3 is 1. The fraction of sp³-hybridized carbons (Fsp3) is 0.818. The third-order valence-corrected chi connectivity index (χ3v) is 3.26. The van der Waals surface area contributed by atoms with Gasteiger partial charge in [0.25, 0.3) is 0 Å². The summed E-state index contributed by atoms with van der Waals surface area (Å²) in [6.07, 6.45) is 2.44. The second-order valence-corrected chi connectivity index (χ2v) is 4.37. The van der Waals surface area contributed by atoms with Crippen molar-refractivity contribution in [2.75, 3.05) is 20.3 Å². The monoisotopic (exact) mass is 228 g/mol. The van der Waals surface area contributed by atoms with Gasteiger partial charge in [-0.25, -0.2) is 0 Å². The van der Waals surface area contributed by atoms with E-state index in [1.54, 1.807) is 0 Å². The smallest absolute Gasteiger partial charge is 0.308 e. The van der Waals surface area contributed by atoms with Crippen LogP contribution in [0.2, 0.25) is 0 Å². The summed E-state index contributed by atoms with van der Waals surface area (Å²) < 4.78 is 15.8. The van der Waals surface area contributed by atoms with E-state index < -0.39 is 5.79 Å². The normalized spacial score (nSPS) is 32.6. The molecule has 2 atom stereocenters. The molecular weight excluding hydrogens is 212 g/mol. The van der Waals surface area contributed by atoms with Gasteiger partial charge in [-0.15, -0.1) is 0 Å². The zero-order chi connectivity index (χ0) is 11.6. The lowest BCUT2D eigenvalue weighted by molar-refractivity contribution is -0.202. The molecule has 1 saturated heterocycles. The molecule has 0 amide bonds. The molecule has 2 rings (SSSR count). The first-order valence-corrected chi connectivity index (χ1v) is 5.50. The third-order valence-electron chi connectivity index (χ3n) is 3.26. The van der Waals surface area contributed by atoms with E-state index in [1.807, 2.05) is 0 Å². The van der Waals surface area contributed by atoms with Gasteiger partial charge < -0.3 is 19.0 Å². The molecule has 0 aromatic rings. The predicted octanol–water partition coefficient (Wildman–Crippen LogP) is 0.518. The average molecular weight is 228 g/mol. The first kappa shape index (κ1) is 11.5. The van der Waals surface area contributed by atoms with E-state index in [9.17, 15) is 9.59 Å². The Morgan fingerprint density at radius 2 is 2.06 bits per heavy atom. The van der Waals surface area contributed by atoms with Gasteiger partial charge in [-0.2, -0.15) is 0 Å². The standard InChI is InChI=1S/C11H16O5/c1-14-10(13)9-4-8(7-12)5-11(6-9)15-2-3-16-11/h7-9H,2-6H2,1H3/t8-,9+/m0/s1. The molecule has 0 aromatic carbocycles. The van der Waals surface area contributed by atoms with E-state index in [-0.39, 0.29) is 17.8 Å². The Balaban J connectivity index is 2.11. The van der Waals surface area contributed by atoms with Gasteiger partial charge in [0.05, 0.1) is 26.2 Å². The molecule has 16 heavy (non-hydrogen) atoms. The molecule has 0 bridgehead atoms. The first-order chi connectivity index (χ1) is 7.69. The average Bonchev–Trinajstić information content (AvgIpc) is 2.75. The number of esters is 1. The van der Waals surface area contributed by atoms with Crippen LogP contribution in [0.4, 0.5) is 0 Å². The topological polar surface area (TPSA) is 61.8 Å². The zero-order valence-electron chi connectivity index (χ0n) is 9.31. The van der Waals surface area contributed by atoms with Gasteiger partial charge in [-0.1, -0.05) is 0 Å². The van der Waals surface area contributed by atoms with Crippen LogP contribution in [0.5, 0.6) is 0 Å². The van der Waals surface area contributed by atoms with Crippen LogP contribution in [0.25, 0.3) is 0 Å². The lowest BCUT2D eigenvalue weighted by atomic mass is 9.78. The highest BCUT2D eigenvalue weighted by Gasteiger charge is 2.47. The predicted molar refractivity (Wildman–Crippen MR) is 53.5 cm³/mol. The minimum absolute atomic E-state index is 0.184. The molecule has 1 saturated carbocycles. The maximum atomic E-state index is 11.5. The quantitative estimate of drug-likeness (QED) is 0.509. The van der Waals surface area contributed by atoms with Gasteiger partial charge in [0.1, 0.15) is 6.29 Å². The summed E-state index contributed by atoms with van der Waals surface area (Å²) in [5.74, 6) is -1.50. The molecule has 0 unspecified atom stereocenters. The lowest BCUT2D eigenvalue weighted by Gasteiger charge is -2.37. The van der Waals surface area contributed by atoms with Crippen molar-refractivity contribution in [1.82, 2.24) is 0 Å². The largest absolute Gasteiger partial charge is 0.469 e. The number of aldehydes is 1. The summed E-state index contributed by atoms with van der Waals surface area (Å²) >= 11 is 0. The number of hydrogen-bond donors (Lipinski definition) is 0. The molecule has 0 radical (unpaired) electrons. The van der Waals surface area contributed by atoms with E-state index in [0.29, 0.717) is 32.5 Å². The minimum Gasteiger partial charge on any atom is -0.469 e. The first-order valence-electron chi connectivity index (χ1n) is 5.50. The fourth-order valence-corrected chi connectivity index (χ4v) is 2.57. The van der Waals surface area contributed by atoms with Crippen LogP contribution in [0.3, 0.4) is 0 Å². The van der Waals surface area contributed by atoms with Crippen molar-refractivity contribution in [3.63, 3.8) is 0 Å². The van der Waals surface area contributed by atoms with Crippen molar-refractivity contribution in [1.29, 1.82) is 0 Å². The van der Waals surface area contributed by atoms with E-state index >= 15 is 0 Å². The van der Waals surface area contributed by atoms with Crippen molar-refractivity contribution >= 4 is 12.3 Å². The van der Waals surface area contributed by atoms with Crippen molar-refractivity contribution in [3.05, 3.63) is 0 Å². The van der Waals surface area contributed by atoms with E-state index in [1.165, 1.54) is 7.11 Å². The molecule has 5 nitrogen and oxygen atoms in total. The summed E-state index contributed by atoms with van der Waals surface area (Å²) in [6, 6.07) is 0. The molecule has 5 heteroatoms. The molecule has 1 aliphatic heterocycles. The number of carbonyl (C=O) groups excluding carboxylic acids is 2. The van der Waals surface area contributed by atoms with Gasteiger partial charge in [0, 0.05) is 18.8 Å². The van der Waals surface area contributed by atoms with Crippen LogP contribution in [0.15, 0.2) is 0 Å². The zero-order valence-corrected chi connectivity index (χ0v) is 9.31. The van der Waals surface area contributed by atoms with E-state index in [4.69, 9.17) is 14.2 Å². The molecule has 1 spiro atoms. The summed E-state index contributed by atoms with van der Waals surface area (Å²) in [5.41, 5.74) is 0. The van der Waals surface area contributed by atoms with E-state index in [0.717, 1.165) is 6.29 Å². The van der Waals surface area contributed by atoms with Crippen LogP contribution in [0.1, 0.15) is 19.3 Å². The van der Waals surface area contributed by atoms with Crippen molar-refractivity contribution < 1.29 is 23.8 Å². The van der Waals surface area contributed by atoms with Crippen LogP contribution >= 0.6 is 0 Å². The summed E-state index contributed by atoms with van der Waals surface area (Å²) in [6.45, 7) is 1.05. The molecule has 1 aliphatic carbocycles. The molecule has 0 aromatic heterocycles. The van der Waals surface area contributed by atoms with Crippen LogP contribution in [-0.2, 0) is 23.8 Å². The Kier molecular flexibility index (Phi) is 3.25. The highest BCUT2D eigenvalue weighted by molar-refractivity contribution is 5.73. The number of ether oxygens (including phenoxy) is 3. The Bertz CT molecular complexity index is 282. The second-order valence-electron chi connectivity index (χ2n) is 4.37. The van der Waals surface area contributed by atoms with E-state index in [2.05, 4.69) is 0 Å². The van der Waals surface area contributed by atoms with Gasteiger partial charge in [0.2, 0.25) is 0 Å². The van der Waals surface area contributed by atoms with Crippen LogP contribution in [0, 0.1) is 11.8 Å². The lowest BCUT2D eigenvalue weighted by Crippen LogP contribution is -2.43. The minimum atomic E-state index is -0.733. The van der Waals surface area contributed by atoms with Crippen LogP contribution < -0.4 is 0 Å². The van der Waals surface area contributed by atoms with Crippen LogP contribution in [-0.4, -0.2) is 38.4 Å². The molecular formula is C11H16O5. The highest BCUT2D eigenvalue weighted by Crippen LogP contribution is 2.41. The summed E-state index contributed by atoms with van der Waals surface area (Å²) in [7, 11) is 1.36. The van der Waals surface area contributed by atoms with Crippen molar-refractivity contribution in [3.8, 4) is 0 Å². The van der Waals surface area contributed by atoms with Gasteiger partial charge in [-0.05, 0) is 6.42 Å². The number of carbonyl (C=O) groups is 2. The molecule has 2 aliphatic rings. The molecule has 0 N–H and O–H groups in total. The maximum Gasteiger partial charge on any atom is 0.308 e. The fourth-order valence-electron chi connectivity index (χ4n) is 2.57. The Morgan fingerprint density at radius 1 is 1.38 bits per heavy atom.